The first-order valence-corrected chi connectivity index (χ1v) is 8.45. The van der Waals surface area contributed by atoms with Gasteiger partial charge >= 0.3 is 6.03 Å². The van der Waals surface area contributed by atoms with Crippen LogP contribution in [0.25, 0.3) is 11.3 Å². The lowest BCUT2D eigenvalue weighted by atomic mass is 10.0. The molecule has 2 N–H and O–H groups in total. The number of nitro groups is 1. The third-order valence-corrected chi connectivity index (χ3v) is 4.02. The number of nitrogens with zero attached hydrogens (tertiary/aromatic N) is 2. The van der Waals surface area contributed by atoms with E-state index in [4.69, 9.17) is 4.42 Å². The molecule has 1 aromatic heterocycles. The van der Waals surface area contributed by atoms with Gasteiger partial charge in [0.15, 0.2) is 0 Å². The molecule has 0 aliphatic rings. The summed E-state index contributed by atoms with van der Waals surface area (Å²) >= 11 is 0. The van der Waals surface area contributed by atoms with Gasteiger partial charge in [0, 0.05) is 22.9 Å². The molecule has 0 atom stereocenters. The number of benzene rings is 2. The van der Waals surface area contributed by atoms with Crippen LogP contribution in [0.1, 0.15) is 16.9 Å². The van der Waals surface area contributed by atoms with E-state index in [1.165, 1.54) is 12.3 Å². The fourth-order valence-electron chi connectivity index (χ4n) is 2.67. The number of nitrogens with one attached hydrogen (secondary N) is 2. The summed E-state index contributed by atoms with van der Waals surface area (Å²) in [6.45, 7) is 3.47. The van der Waals surface area contributed by atoms with Gasteiger partial charge < -0.3 is 9.73 Å². The van der Waals surface area contributed by atoms with Crippen LogP contribution in [-0.4, -0.2) is 17.2 Å². The van der Waals surface area contributed by atoms with Crippen LogP contribution in [0.4, 0.5) is 16.2 Å². The van der Waals surface area contributed by atoms with E-state index in [0.717, 1.165) is 11.1 Å². The fraction of sp³-hybridized carbons (Fsp3) is 0.100. The Kier molecular flexibility index (Phi) is 5.50. The van der Waals surface area contributed by atoms with Gasteiger partial charge in [0.2, 0.25) is 0 Å². The summed E-state index contributed by atoms with van der Waals surface area (Å²) in [5.41, 5.74) is 5.12. The SMILES string of the molecule is Cc1cc([N+](=O)[O-])c(C)cc1-c1ccc(/C=N\NC(=O)Nc2ccccc2)o1. The van der Waals surface area contributed by atoms with E-state index in [1.807, 2.05) is 18.2 Å². The van der Waals surface area contributed by atoms with Crippen LogP contribution >= 0.6 is 0 Å². The highest BCUT2D eigenvalue weighted by Crippen LogP contribution is 2.30. The van der Waals surface area contributed by atoms with E-state index >= 15 is 0 Å². The first-order valence-electron chi connectivity index (χ1n) is 8.45. The summed E-state index contributed by atoms with van der Waals surface area (Å²) in [5, 5.41) is 17.5. The number of carbonyl (C=O) groups excluding carboxylic acids is 1. The van der Waals surface area contributed by atoms with E-state index in [1.54, 1.807) is 44.2 Å². The number of anilines is 1. The molecule has 0 radical (unpaired) electrons. The molecular formula is C20H18N4O4. The van der Waals surface area contributed by atoms with Gasteiger partial charge in [-0.2, -0.15) is 5.10 Å². The van der Waals surface area contributed by atoms with Crippen molar-refractivity contribution < 1.29 is 14.1 Å². The molecule has 3 aromatic rings. The van der Waals surface area contributed by atoms with Crippen molar-refractivity contribution >= 4 is 23.6 Å². The van der Waals surface area contributed by atoms with Crippen LogP contribution in [0.3, 0.4) is 0 Å². The number of amides is 2. The maximum absolute atomic E-state index is 11.8. The minimum absolute atomic E-state index is 0.0724. The zero-order valence-corrected chi connectivity index (χ0v) is 15.3. The summed E-state index contributed by atoms with van der Waals surface area (Å²) in [4.78, 5) is 22.4. The number of carbonyl (C=O) groups is 1. The van der Waals surface area contributed by atoms with Crippen LogP contribution in [-0.2, 0) is 0 Å². The van der Waals surface area contributed by atoms with Crippen molar-refractivity contribution in [2.45, 2.75) is 13.8 Å². The Morgan fingerprint density at radius 3 is 2.57 bits per heavy atom. The molecule has 0 spiro atoms. The minimum Gasteiger partial charge on any atom is -0.455 e. The van der Waals surface area contributed by atoms with Crippen LogP contribution in [0.5, 0.6) is 0 Å². The molecule has 0 saturated carbocycles. The quantitative estimate of drug-likeness (QED) is 0.383. The molecule has 0 bridgehead atoms. The fourth-order valence-corrected chi connectivity index (χ4v) is 2.67. The molecular weight excluding hydrogens is 360 g/mol. The molecule has 2 aromatic carbocycles. The van der Waals surface area contributed by atoms with E-state index in [9.17, 15) is 14.9 Å². The van der Waals surface area contributed by atoms with Gasteiger partial charge in [0.1, 0.15) is 11.5 Å². The van der Waals surface area contributed by atoms with Gasteiger partial charge in [0.25, 0.3) is 5.69 Å². The van der Waals surface area contributed by atoms with Gasteiger partial charge in [0.05, 0.1) is 11.1 Å². The van der Waals surface area contributed by atoms with Crippen LogP contribution in [0, 0.1) is 24.0 Å². The van der Waals surface area contributed by atoms with Gasteiger partial charge in [-0.1, -0.05) is 18.2 Å². The number of hydrogen-bond acceptors (Lipinski definition) is 5. The van der Waals surface area contributed by atoms with Crippen molar-refractivity contribution in [3.05, 3.63) is 81.6 Å². The maximum atomic E-state index is 11.8. The van der Waals surface area contributed by atoms with Crippen molar-refractivity contribution in [3.63, 3.8) is 0 Å². The molecule has 8 nitrogen and oxygen atoms in total. The smallest absolute Gasteiger partial charge is 0.339 e. The second kappa shape index (κ2) is 8.17. The molecule has 3 rings (SSSR count). The summed E-state index contributed by atoms with van der Waals surface area (Å²) in [6, 6.07) is 15.2. The van der Waals surface area contributed by atoms with Crippen molar-refractivity contribution in [1.29, 1.82) is 0 Å². The zero-order valence-electron chi connectivity index (χ0n) is 15.3. The molecule has 8 heteroatoms. The molecule has 0 unspecified atom stereocenters. The third kappa shape index (κ3) is 4.42. The summed E-state index contributed by atoms with van der Waals surface area (Å²) < 4.78 is 5.72. The number of hydrazone groups is 1. The molecule has 0 fully saturated rings. The van der Waals surface area contributed by atoms with Crippen LogP contribution in [0.2, 0.25) is 0 Å². The Balaban J connectivity index is 1.67. The molecule has 142 valence electrons. The number of aryl methyl sites for hydroxylation is 2. The first-order chi connectivity index (χ1) is 13.4. The summed E-state index contributed by atoms with van der Waals surface area (Å²) in [7, 11) is 0. The predicted molar refractivity (Wildman–Crippen MR) is 106 cm³/mol. The third-order valence-electron chi connectivity index (χ3n) is 4.02. The number of furan rings is 1. The number of urea groups is 1. The average Bonchev–Trinajstić information content (AvgIpc) is 3.12. The van der Waals surface area contributed by atoms with Crippen molar-refractivity contribution in [2.24, 2.45) is 5.10 Å². The lowest BCUT2D eigenvalue weighted by molar-refractivity contribution is -0.385. The highest BCUT2D eigenvalue weighted by molar-refractivity contribution is 5.90. The standard InChI is InChI=1S/C20H18N4O4/c1-13-11-18(24(26)27)14(2)10-17(13)19-9-8-16(28-19)12-21-23-20(25)22-15-6-4-3-5-7-15/h3-12H,1-2H3,(H2,22,23,25)/b21-12-. The van der Waals surface area contributed by atoms with Gasteiger partial charge in [-0.25, -0.2) is 10.2 Å². The molecule has 0 aliphatic carbocycles. The molecule has 2 amide bonds. The Labute approximate surface area is 161 Å². The molecule has 0 aliphatic heterocycles. The van der Waals surface area contributed by atoms with Crippen molar-refractivity contribution in [2.75, 3.05) is 5.32 Å². The summed E-state index contributed by atoms with van der Waals surface area (Å²) in [5.74, 6) is 0.996. The maximum Gasteiger partial charge on any atom is 0.339 e. The van der Waals surface area contributed by atoms with Crippen LogP contribution in [0.15, 0.2) is 64.1 Å². The Morgan fingerprint density at radius 1 is 1.11 bits per heavy atom. The number of para-hydroxylation sites is 1. The highest BCUT2D eigenvalue weighted by Gasteiger charge is 2.16. The lowest BCUT2D eigenvalue weighted by Gasteiger charge is -2.05. The number of hydrogen-bond donors (Lipinski definition) is 2. The van der Waals surface area contributed by atoms with Crippen LogP contribution < -0.4 is 10.7 Å². The average molecular weight is 378 g/mol. The Hall–Kier alpha value is -3.94. The topological polar surface area (TPSA) is 110 Å². The molecule has 28 heavy (non-hydrogen) atoms. The Morgan fingerprint density at radius 2 is 1.86 bits per heavy atom. The largest absolute Gasteiger partial charge is 0.455 e. The monoisotopic (exact) mass is 378 g/mol. The zero-order chi connectivity index (χ0) is 20.1. The number of nitro benzene ring substituents is 1. The van der Waals surface area contributed by atoms with E-state index < -0.39 is 11.0 Å². The normalized spacial score (nSPS) is 10.8. The first kappa shape index (κ1) is 18.8. The van der Waals surface area contributed by atoms with E-state index in [2.05, 4.69) is 15.8 Å². The predicted octanol–water partition coefficient (Wildman–Crippen LogP) is 4.63. The lowest BCUT2D eigenvalue weighted by Crippen LogP contribution is -2.24. The van der Waals surface area contributed by atoms with Gasteiger partial charge in [-0.05, 0) is 49.7 Å². The van der Waals surface area contributed by atoms with E-state index in [-0.39, 0.29) is 5.69 Å². The van der Waals surface area contributed by atoms with Crippen molar-refractivity contribution in [1.82, 2.24) is 5.43 Å². The number of rotatable bonds is 5. The second-order valence-corrected chi connectivity index (χ2v) is 6.10. The van der Waals surface area contributed by atoms with E-state index in [0.29, 0.717) is 22.8 Å². The van der Waals surface area contributed by atoms with Gasteiger partial charge in [-0.15, -0.1) is 0 Å². The summed E-state index contributed by atoms with van der Waals surface area (Å²) in [6.07, 6.45) is 1.38. The van der Waals surface area contributed by atoms with Gasteiger partial charge in [-0.3, -0.25) is 10.1 Å². The molecule has 1 heterocycles. The molecule has 0 saturated heterocycles. The van der Waals surface area contributed by atoms with Crippen molar-refractivity contribution in [3.8, 4) is 11.3 Å². The minimum atomic E-state index is -0.476. The highest BCUT2D eigenvalue weighted by atomic mass is 16.6. The Bertz CT molecular complexity index is 1040. The second-order valence-electron chi connectivity index (χ2n) is 6.10.